The Morgan fingerprint density at radius 3 is 2.48 bits per heavy atom. The first kappa shape index (κ1) is 21.6. The standard InChI is InChI=1S/C25H32FN3O2/c1-18-16-25(2,3)29(22-10-9-19(31-4)15-20(18)22)24(30)17-27-11-13-28(14-12-27)23-8-6-5-7-21(23)26/h5-10,15,18H,11-14,16-17H2,1-4H3/t18-/m0/s1. The second kappa shape index (κ2) is 8.50. The second-order valence-electron chi connectivity index (χ2n) is 9.29. The fraction of sp³-hybridized carbons (Fsp3) is 0.480. The van der Waals surface area contributed by atoms with Gasteiger partial charge < -0.3 is 14.5 Å². The van der Waals surface area contributed by atoms with Gasteiger partial charge in [0, 0.05) is 37.4 Å². The summed E-state index contributed by atoms with van der Waals surface area (Å²) in [4.78, 5) is 19.7. The highest BCUT2D eigenvalue weighted by atomic mass is 19.1. The number of piperazine rings is 1. The first-order valence-electron chi connectivity index (χ1n) is 11.0. The van der Waals surface area contributed by atoms with E-state index in [9.17, 15) is 9.18 Å². The predicted molar refractivity (Wildman–Crippen MR) is 123 cm³/mol. The number of ether oxygens (including phenoxy) is 1. The SMILES string of the molecule is COc1ccc2c(c1)[C@@H](C)CC(C)(C)N2C(=O)CN1CCN(c2ccccc2F)CC1. The Balaban J connectivity index is 1.47. The Bertz CT molecular complexity index is 954. The van der Waals surface area contributed by atoms with Crippen LogP contribution in [0.1, 0.15) is 38.7 Å². The molecule has 0 aliphatic carbocycles. The number of carbonyl (C=O) groups excluding carboxylic acids is 1. The van der Waals surface area contributed by atoms with E-state index in [1.807, 2.05) is 29.2 Å². The molecule has 6 heteroatoms. The number of fused-ring (bicyclic) bond motifs is 1. The van der Waals surface area contributed by atoms with Crippen LogP contribution in [0, 0.1) is 5.82 Å². The Morgan fingerprint density at radius 2 is 1.81 bits per heavy atom. The van der Waals surface area contributed by atoms with E-state index in [1.54, 1.807) is 13.2 Å². The van der Waals surface area contributed by atoms with Gasteiger partial charge in [-0.25, -0.2) is 4.39 Å². The summed E-state index contributed by atoms with van der Waals surface area (Å²) in [5, 5.41) is 0. The minimum Gasteiger partial charge on any atom is -0.497 e. The smallest absolute Gasteiger partial charge is 0.241 e. The van der Waals surface area contributed by atoms with E-state index in [1.165, 1.54) is 6.07 Å². The largest absolute Gasteiger partial charge is 0.497 e. The van der Waals surface area contributed by atoms with Crippen LogP contribution in [-0.4, -0.2) is 56.2 Å². The number of carbonyl (C=O) groups is 1. The van der Waals surface area contributed by atoms with E-state index in [0.29, 0.717) is 31.2 Å². The molecule has 2 aliphatic heterocycles. The maximum atomic E-state index is 14.1. The highest BCUT2D eigenvalue weighted by Gasteiger charge is 2.40. The summed E-state index contributed by atoms with van der Waals surface area (Å²) in [6, 6.07) is 12.9. The van der Waals surface area contributed by atoms with E-state index < -0.39 is 0 Å². The highest BCUT2D eigenvalue weighted by molar-refractivity contribution is 5.97. The molecule has 1 saturated heterocycles. The van der Waals surface area contributed by atoms with Crippen molar-refractivity contribution in [1.82, 2.24) is 4.90 Å². The van der Waals surface area contributed by atoms with E-state index in [0.717, 1.165) is 36.5 Å². The second-order valence-corrected chi connectivity index (χ2v) is 9.29. The molecule has 2 aromatic carbocycles. The van der Waals surface area contributed by atoms with Crippen molar-refractivity contribution in [2.45, 2.75) is 38.6 Å². The van der Waals surface area contributed by atoms with Crippen molar-refractivity contribution in [3.05, 3.63) is 53.8 Å². The molecule has 2 aromatic rings. The van der Waals surface area contributed by atoms with E-state index in [-0.39, 0.29) is 17.3 Å². The summed E-state index contributed by atoms with van der Waals surface area (Å²) in [5.41, 5.74) is 2.53. The van der Waals surface area contributed by atoms with Gasteiger partial charge in [-0.2, -0.15) is 0 Å². The number of para-hydroxylation sites is 1. The average Bonchev–Trinajstić information content (AvgIpc) is 2.74. The molecule has 166 valence electrons. The Morgan fingerprint density at radius 1 is 1.10 bits per heavy atom. The fourth-order valence-corrected chi connectivity index (χ4v) is 5.12. The molecule has 0 aromatic heterocycles. The van der Waals surface area contributed by atoms with Crippen LogP contribution in [0.2, 0.25) is 0 Å². The number of rotatable bonds is 4. The maximum absolute atomic E-state index is 14.1. The maximum Gasteiger partial charge on any atom is 0.241 e. The van der Waals surface area contributed by atoms with Gasteiger partial charge in [-0.1, -0.05) is 19.1 Å². The zero-order valence-corrected chi connectivity index (χ0v) is 18.9. The molecule has 2 heterocycles. The number of hydrogen-bond donors (Lipinski definition) is 0. The predicted octanol–water partition coefficient (Wildman–Crippen LogP) is 4.28. The number of nitrogens with zero attached hydrogens (tertiary/aromatic N) is 3. The van der Waals surface area contributed by atoms with Gasteiger partial charge in [0.25, 0.3) is 0 Å². The first-order chi connectivity index (χ1) is 14.8. The monoisotopic (exact) mass is 425 g/mol. The van der Waals surface area contributed by atoms with Crippen LogP contribution in [0.15, 0.2) is 42.5 Å². The normalized spacial score (nSPS) is 21.0. The van der Waals surface area contributed by atoms with Gasteiger partial charge in [-0.15, -0.1) is 0 Å². The molecule has 0 spiro atoms. The van der Waals surface area contributed by atoms with Gasteiger partial charge in [0.2, 0.25) is 5.91 Å². The number of anilines is 2. The van der Waals surface area contributed by atoms with Crippen molar-refractivity contribution in [3.8, 4) is 5.75 Å². The summed E-state index contributed by atoms with van der Waals surface area (Å²) in [7, 11) is 1.67. The Labute approximate surface area is 184 Å². The van der Waals surface area contributed by atoms with E-state index >= 15 is 0 Å². The van der Waals surface area contributed by atoms with Gasteiger partial charge in [-0.05, 0) is 62.1 Å². The molecule has 1 fully saturated rings. The third-order valence-electron chi connectivity index (χ3n) is 6.59. The lowest BCUT2D eigenvalue weighted by molar-refractivity contribution is -0.121. The molecule has 1 amide bonds. The molecule has 31 heavy (non-hydrogen) atoms. The lowest BCUT2D eigenvalue weighted by atomic mass is 9.80. The molecule has 1 atom stereocenters. The van der Waals surface area contributed by atoms with E-state index in [4.69, 9.17) is 4.74 Å². The van der Waals surface area contributed by atoms with Crippen molar-refractivity contribution in [1.29, 1.82) is 0 Å². The fourth-order valence-electron chi connectivity index (χ4n) is 5.12. The molecule has 2 aliphatic rings. The zero-order chi connectivity index (χ0) is 22.2. The van der Waals surface area contributed by atoms with Gasteiger partial charge in [0.15, 0.2) is 0 Å². The molecule has 0 N–H and O–H groups in total. The van der Waals surface area contributed by atoms with Crippen LogP contribution in [0.25, 0.3) is 0 Å². The van der Waals surface area contributed by atoms with Crippen molar-refractivity contribution >= 4 is 17.3 Å². The lowest BCUT2D eigenvalue weighted by Crippen LogP contribution is -2.56. The molecule has 0 bridgehead atoms. The number of methoxy groups -OCH3 is 1. The molecular weight excluding hydrogens is 393 g/mol. The molecule has 4 rings (SSSR count). The number of amides is 1. The number of hydrogen-bond acceptors (Lipinski definition) is 4. The third kappa shape index (κ3) is 4.26. The van der Waals surface area contributed by atoms with Crippen LogP contribution < -0.4 is 14.5 Å². The van der Waals surface area contributed by atoms with Crippen LogP contribution in [0.3, 0.4) is 0 Å². The topological polar surface area (TPSA) is 36.0 Å². The van der Waals surface area contributed by atoms with Crippen LogP contribution in [0.5, 0.6) is 5.75 Å². The minimum atomic E-state index is -0.257. The van der Waals surface area contributed by atoms with Gasteiger partial charge in [0.1, 0.15) is 11.6 Å². The minimum absolute atomic E-state index is 0.114. The van der Waals surface area contributed by atoms with Crippen molar-refractivity contribution in [2.24, 2.45) is 0 Å². The zero-order valence-electron chi connectivity index (χ0n) is 18.9. The summed E-state index contributed by atoms with van der Waals surface area (Å²) in [6.07, 6.45) is 0.903. The summed E-state index contributed by atoms with van der Waals surface area (Å²) in [6.45, 7) is 9.76. The van der Waals surface area contributed by atoms with E-state index in [2.05, 4.69) is 36.6 Å². The van der Waals surface area contributed by atoms with Crippen molar-refractivity contribution in [2.75, 3.05) is 49.6 Å². The van der Waals surface area contributed by atoms with Crippen molar-refractivity contribution in [3.63, 3.8) is 0 Å². The van der Waals surface area contributed by atoms with Crippen LogP contribution >= 0.6 is 0 Å². The first-order valence-corrected chi connectivity index (χ1v) is 11.0. The summed E-state index contributed by atoms with van der Waals surface area (Å²) >= 11 is 0. The molecular formula is C25H32FN3O2. The van der Waals surface area contributed by atoms with Gasteiger partial charge >= 0.3 is 0 Å². The molecule has 0 radical (unpaired) electrons. The van der Waals surface area contributed by atoms with Gasteiger partial charge in [-0.3, -0.25) is 9.69 Å². The van der Waals surface area contributed by atoms with Gasteiger partial charge in [0.05, 0.1) is 19.3 Å². The average molecular weight is 426 g/mol. The summed E-state index contributed by atoms with van der Waals surface area (Å²) in [5.74, 6) is 1.10. The Hall–Kier alpha value is -2.60. The highest BCUT2D eigenvalue weighted by Crippen LogP contribution is 2.44. The summed E-state index contributed by atoms with van der Waals surface area (Å²) < 4.78 is 19.5. The molecule has 0 saturated carbocycles. The molecule has 5 nitrogen and oxygen atoms in total. The lowest BCUT2D eigenvalue weighted by Gasteiger charge is -2.47. The Kier molecular flexibility index (Phi) is 5.93. The third-order valence-corrected chi connectivity index (χ3v) is 6.59. The van der Waals surface area contributed by atoms with Crippen LogP contribution in [0.4, 0.5) is 15.8 Å². The van der Waals surface area contributed by atoms with Crippen LogP contribution in [-0.2, 0) is 4.79 Å². The number of halogens is 1. The molecule has 0 unspecified atom stereocenters. The number of benzene rings is 2. The van der Waals surface area contributed by atoms with Crippen molar-refractivity contribution < 1.29 is 13.9 Å². The quantitative estimate of drug-likeness (QED) is 0.733.